The number of imidazole rings is 1. The average molecular weight is 233 g/mol. The molecule has 17 heavy (non-hydrogen) atoms. The predicted octanol–water partition coefficient (Wildman–Crippen LogP) is 2.61. The monoisotopic (exact) mass is 233 g/mol. The van der Waals surface area contributed by atoms with Crippen molar-refractivity contribution >= 4 is 0 Å². The Kier molecular flexibility index (Phi) is 3.87. The van der Waals surface area contributed by atoms with Crippen molar-refractivity contribution in [2.45, 2.75) is 39.2 Å². The van der Waals surface area contributed by atoms with Crippen molar-refractivity contribution in [1.29, 1.82) is 0 Å². The first-order valence-electron chi connectivity index (χ1n) is 6.51. The van der Waals surface area contributed by atoms with E-state index in [4.69, 9.17) is 0 Å². The molecule has 0 bridgehead atoms. The van der Waals surface area contributed by atoms with E-state index >= 15 is 0 Å². The van der Waals surface area contributed by atoms with Gasteiger partial charge in [-0.15, -0.1) is 0 Å². The average Bonchev–Trinajstić information content (AvgIpc) is 2.54. The van der Waals surface area contributed by atoms with Crippen LogP contribution in [0.15, 0.2) is 18.5 Å². The second kappa shape index (κ2) is 5.39. The zero-order chi connectivity index (χ0) is 12.3. The third-order valence-electron chi connectivity index (χ3n) is 3.53. The Morgan fingerprint density at radius 2 is 2.24 bits per heavy atom. The van der Waals surface area contributed by atoms with E-state index in [0.717, 1.165) is 24.7 Å². The van der Waals surface area contributed by atoms with Gasteiger partial charge in [0.15, 0.2) is 0 Å². The van der Waals surface area contributed by atoms with Crippen LogP contribution in [0.3, 0.4) is 0 Å². The predicted molar refractivity (Wildman–Crippen MR) is 70.8 cm³/mol. The highest BCUT2D eigenvalue weighted by molar-refractivity contribution is 5.09. The second-order valence-electron chi connectivity index (χ2n) is 5.26. The minimum Gasteiger partial charge on any atom is -0.384 e. The van der Waals surface area contributed by atoms with Gasteiger partial charge in [0.1, 0.15) is 5.82 Å². The van der Waals surface area contributed by atoms with Gasteiger partial charge < -0.3 is 9.47 Å². The van der Waals surface area contributed by atoms with Gasteiger partial charge in [0.2, 0.25) is 0 Å². The van der Waals surface area contributed by atoms with Crippen LogP contribution in [0.25, 0.3) is 0 Å². The van der Waals surface area contributed by atoms with E-state index in [2.05, 4.69) is 33.7 Å². The zero-order valence-electron chi connectivity index (χ0n) is 11.2. The fourth-order valence-electron chi connectivity index (χ4n) is 2.25. The summed E-state index contributed by atoms with van der Waals surface area (Å²) in [5.41, 5.74) is 1.34. The first-order chi connectivity index (χ1) is 8.16. The molecule has 1 aliphatic carbocycles. The summed E-state index contributed by atoms with van der Waals surface area (Å²) in [5.74, 6) is 2.05. The molecule has 3 nitrogen and oxygen atoms in total. The van der Waals surface area contributed by atoms with Crippen LogP contribution in [0, 0.1) is 12.8 Å². The lowest BCUT2D eigenvalue weighted by atomic mass is 9.85. The molecule has 0 aromatic carbocycles. The van der Waals surface area contributed by atoms with E-state index in [9.17, 15) is 0 Å². The Hall–Kier alpha value is -1.25. The molecular formula is C14H23N3. The standard InChI is InChI=1S/C14H23N3/c1-12-15-10-14(8-5-9-16(2)3)17(12)11-13-6-4-7-13/h5,9-10,13H,4,6-8,11H2,1-3H3/b9-5+. The van der Waals surface area contributed by atoms with Crippen LogP contribution >= 0.6 is 0 Å². The van der Waals surface area contributed by atoms with Crippen LogP contribution in [0.1, 0.15) is 30.8 Å². The maximum atomic E-state index is 4.44. The van der Waals surface area contributed by atoms with Gasteiger partial charge in [0.25, 0.3) is 0 Å². The Morgan fingerprint density at radius 1 is 1.47 bits per heavy atom. The van der Waals surface area contributed by atoms with Crippen molar-refractivity contribution in [2.75, 3.05) is 14.1 Å². The van der Waals surface area contributed by atoms with E-state index in [-0.39, 0.29) is 0 Å². The third-order valence-corrected chi connectivity index (χ3v) is 3.53. The van der Waals surface area contributed by atoms with Crippen molar-refractivity contribution in [3.63, 3.8) is 0 Å². The van der Waals surface area contributed by atoms with E-state index < -0.39 is 0 Å². The van der Waals surface area contributed by atoms with Crippen LogP contribution in [-0.2, 0) is 13.0 Å². The van der Waals surface area contributed by atoms with Crippen molar-refractivity contribution in [3.05, 3.63) is 30.0 Å². The minimum atomic E-state index is 0.888. The van der Waals surface area contributed by atoms with Crippen molar-refractivity contribution in [2.24, 2.45) is 5.92 Å². The van der Waals surface area contributed by atoms with Gasteiger partial charge in [0.05, 0.1) is 0 Å². The highest BCUT2D eigenvalue weighted by atomic mass is 15.1. The summed E-state index contributed by atoms with van der Waals surface area (Å²) in [6, 6.07) is 0. The van der Waals surface area contributed by atoms with Crippen molar-refractivity contribution in [3.8, 4) is 0 Å². The molecule has 2 rings (SSSR count). The summed E-state index contributed by atoms with van der Waals surface area (Å²) in [4.78, 5) is 6.51. The van der Waals surface area contributed by atoms with Crippen LogP contribution in [0.5, 0.6) is 0 Å². The Labute approximate surface area is 104 Å². The summed E-state index contributed by atoms with van der Waals surface area (Å²) in [6.45, 7) is 3.27. The largest absolute Gasteiger partial charge is 0.384 e. The Balaban J connectivity index is 2.00. The highest BCUT2D eigenvalue weighted by Crippen LogP contribution is 2.28. The van der Waals surface area contributed by atoms with Gasteiger partial charge in [-0.3, -0.25) is 0 Å². The highest BCUT2D eigenvalue weighted by Gasteiger charge is 2.19. The summed E-state index contributed by atoms with van der Waals surface area (Å²) in [7, 11) is 4.10. The topological polar surface area (TPSA) is 21.1 Å². The number of rotatable bonds is 5. The fraction of sp³-hybridized carbons (Fsp3) is 0.643. The summed E-state index contributed by atoms with van der Waals surface area (Å²) in [6.07, 6.45) is 11.5. The fourth-order valence-corrected chi connectivity index (χ4v) is 2.25. The van der Waals surface area contributed by atoms with Gasteiger partial charge >= 0.3 is 0 Å². The lowest BCUT2D eigenvalue weighted by Crippen LogP contribution is -2.20. The maximum Gasteiger partial charge on any atom is 0.105 e. The zero-order valence-corrected chi connectivity index (χ0v) is 11.2. The lowest BCUT2D eigenvalue weighted by molar-refractivity contribution is 0.272. The smallest absolute Gasteiger partial charge is 0.105 e. The SMILES string of the molecule is Cc1ncc(C/C=C/N(C)C)n1CC1CCC1. The molecule has 0 saturated heterocycles. The van der Waals surface area contributed by atoms with E-state index in [1.807, 2.05) is 20.3 Å². The molecule has 0 amide bonds. The molecule has 1 saturated carbocycles. The molecule has 0 atom stereocenters. The number of nitrogens with zero attached hydrogens (tertiary/aromatic N) is 3. The molecule has 0 spiro atoms. The first-order valence-corrected chi connectivity index (χ1v) is 6.51. The molecule has 0 aliphatic heterocycles. The molecule has 3 heteroatoms. The van der Waals surface area contributed by atoms with E-state index in [1.54, 1.807) is 0 Å². The van der Waals surface area contributed by atoms with Crippen LogP contribution in [0.2, 0.25) is 0 Å². The molecule has 1 aliphatic rings. The van der Waals surface area contributed by atoms with Crippen LogP contribution < -0.4 is 0 Å². The molecule has 1 fully saturated rings. The molecule has 0 radical (unpaired) electrons. The van der Waals surface area contributed by atoms with Crippen LogP contribution in [-0.4, -0.2) is 28.5 Å². The molecular weight excluding hydrogens is 210 g/mol. The quantitative estimate of drug-likeness (QED) is 0.779. The number of aromatic nitrogens is 2. The Morgan fingerprint density at radius 3 is 2.82 bits per heavy atom. The lowest BCUT2D eigenvalue weighted by Gasteiger charge is -2.27. The molecule has 0 N–H and O–H groups in total. The molecule has 1 aromatic rings. The van der Waals surface area contributed by atoms with Gasteiger partial charge in [0, 0.05) is 39.0 Å². The van der Waals surface area contributed by atoms with Crippen LogP contribution in [0.4, 0.5) is 0 Å². The molecule has 0 unspecified atom stereocenters. The summed E-state index contributed by atoms with van der Waals surface area (Å²) < 4.78 is 2.39. The number of allylic oxidation sites excluding steroid dienone is 1. The molecule has 1 aromatic heterocycles. The van der Waals surface area contributed by atoms with Gasteiger partial charge in [-0.1, -0.05) is 12.5 Å². The molecule has 1 heterocycles. The summed E-state index contributed by atoms with van der Waals surface area (Å²) >= 11 is 0. The molecule has 94 valence electrons. The van der Waals surface area contributed by atoms with Gasteiger partial charge in [-0.05, 0) is 31.9 Å². The van der Waals surface area contributed by atoms with E-state index in [1.165, 1.54) is 25.0 Å². The number of aryl methyl sites for hydroxylation is 1. The first kappa shape index (κ1) is 12.2. The maximum absolute atomic E-state index is 4.44. The summed E-state index contributed by atoms with van der Waals surface area (Å²) in [5, 5.41) is 0. The van der Waals surface area contributed by atoms with Gasteiger partial charge in [-0.25, -0.2) is 4.98 Å². The minimum absolute atomic E-state index is 0.888. The van der Waals surface area contributed by atoms with E-state index in [0.29, 0.717) is 0 Å². The van der Waals surface area contributed by atoms with Crippen molar-refractivity contribution < 1.29 is 0 Å². The second-order valence-corrected chi connectivity index (χ2v) is 5.26. The van der Waals surface area contributed by atoms with Crippen molar-refractivity contribution in [1.82, 2.24) is 14.5 Å². The third kappa shape index (κ3) is 3.11. The van der Waals surface area contributed by atoms with Gasteiger partial charge in [-0.2, -0.15) is 0 Å². The number of hydrogen-bond acceptors (Lipinski definition) is 2. The number of hydrogen-bond donors (Lipinski definition) is 0. The Bertz CT molecular complexity index is 386. The normalized spacial score (nSPS) is 16.4.